The van der Waals surface area contributed by atoms with Crippen molar-refractivity contribution in [3.63, 3.8) is 0 Å². The molecule has 0 unspecified atom stereocenters. The van der Waals surface area contributed by atoms with Crippen molar-refractivity contribution >= 4 is 23.6 Å². The first-order valence-corrected chi connectivity index (χ1v) is 8.85. The number of hydrogen-bond acceptors (Lipinski definition) is 5. The summed E-state index contributed by atoms with van der Waals surface area (Å²) in [7, 11) is 3.87. The highest BCUT2D eigenvalue weighted by Gasteiger charge is 2.18. The van der Waals surface area contributed by atoms with Crippen molar-refractivity contribution in [3.05, 3.63) is 35.4 Å². The number of benzene rings is 1. The van der Waals surface area contributed by atoms with Gasteiger partial charge in [-0.25, -0.2) is 4.79 Å². The molecule has 1 amide bonds. The molecule has 1 saturated heterocycles. The number of esters is 1. The summed E-state index contributed by atoms with van der Waals surface area (Å²) in [5.74, 6) is -0.972. The molecule has 26 heavy (non-hydrogen) atoms. The van der Waals surface area contributed by atoms with E-state index in [1.54, 1.807) is 4.90 Å². The predicted molar refractivity (Wildman–Crippen MR) is 100 cm³/mol. The first kappa shape index (κ1) is 19.5. The first-order chi connectivity index (χ1) is 12.5. The third-order valence-electron chi connectivity index (χ3n) is 4.35. The van der Waals surface area contributed by atoms with Gasteiger partial charge < -0.3 is 14.5 Å². The summed E-state index contributed by atoms with van der Waals surface area (Å²) in [6.45, 7) is 1.09. The summed E-state index contributed by atoms with van der Waals surface area (Å²) in [6, 6.07) is 9.29. The maximum atomic E-state index is 12.2. The van der Waals surface area contributed by atoms with Crippen LogP contribution in [0.4, 0.5) is 5.69 Å². The zero-order valence-electron chi connectivity index (χ0n) is 15.4. The molecule has 0 aliphatic carbocycles. The van der Waals surface area contributed by atoms with Gasteiger partial charge in [-0.3, -0.25) is 4.79 Å². The molecule has 1 fully saturated rings. The number of likely N-dealkylation sites (tertiary alicyclic amines) is 1. The monoisotopic (exact) mass is 355 g/mol. The Bertz CT molecular complexity index is 694. The fraction of sp³-hybridized carbons (Fsp3) is 0.450. The van der Waals surface area contributed by atoms with E-state index in [1.165, 1.54) is 6.08 Å². The van der Waals surface area contributed by atoms with Gasteiger partial charge in [0.1, 0.15) is 11.6 Å². The van der Waals surface area contributed by atoms with Gasteiger partial charge in [0.05, 0.1) is 0 Å². The van der Waals surface area contributed by atoms with Crippen molar-refractivity contribution in [2.75, 3.05) is 38.7 Å². The Labute approximate surface area is 154 Å². The Morgan fingerprint density at radius 1 is 1.15 bits per heavy atom. The molecule has 1 aromatic carbocycles. The van der Waals surface area contributed by atoms with Crippen LogP contribution >= 0.6 is 0 Å². The summed E-state index contributed by atoms with van der Waals surface area (Å²) in [6.07, 6.45) is 5.67. The molecule has 1 aliphatic heterocycles. The van der Waals surface area contributed by atoms with Crippen LogP contribution in [0.25, 0.3) is 6.08 Å². The average molecular weight is 355 g/mol. The zero-order chi connectivity index (χ0) is 18.9. The van der Waals surface area contributed by atoms with Gasteiger partial charge >= 0.3 is 5.97 Å². The minimum Gasteiger partial charge on any atom is -0.451 e. The molecular weight excluding hydrogens is 330 g/mol. The molecule has 2 rings (SSSR count). The number of anilines is 1. The Kier molecular flexibility index (Phi) is 7.22. The van der Waals surface area contributed by atoms with Gasteiger partial charge in [-0.2, -0.15) is 5.26 Å². The quantitative estimate of drug-likeness (QED) is 0.461. The van der Waals surface area contributed by atoms with Crippen LogP contribution in [0, 0.1) is 11.3 Å². The van der Waals surface area contributed by atoms with Crippen molar-refractivity contribution in [3.8, 4) is 6.07 Å². The van der Waals surface area contributed by atoms with Crippen LogP contribution < -0.4 is 4.90 Å². The second kappa shape index (κ2) is 9.62. The lowest BCUT2D eigenvalue weighted by Crippen LogP contribution is -2.35. The van der Waals surface area contributed by atoms with Gasteiger partial charge in [0.2, 0.25) is 0 Å². The summed E-state index contributed by atoms with van der Waals surface area (Å²) in [4.78, 5) is 28.0. The second-order valence-corrected chi connectivity index (χ2v) is 6.53. The van der Waals surface area contributed by atoms with Gasteiger partial charge in [0.25, 0.3) is 5.91 Å². The van der Waals surface area contributed by atoms with E-state index < -0.39 is 5.97 Å². The molecule has 0 bridgehead atoms. The number of rotatable bonds is 5. The van der Waals surface area contributed by atoms with Crippen LogP contribution in [0.15, 0.2) is 29.8 Å². The van der Waals surface area contributed by atoms with E-state index >= 15 is 0 Å². The topological polar surface area (TPSA) is 73.6 Å². The first-order valence-electron chi connectivity index (χ1n) is 8.85. The summed E-state index contributed by atoms with van der Waals surface area (Å²) in [5, 5.41) is 9.23. The standard InChI is InChI=1S/C20H25N3O3/c1-22(2)18-9-7-16(8-10-18)13-17(14-21)20(25)26-15-19(24)23-11-5-3-4-6-12-23/h7-10,13H,3-6,11-12,15H2,1-2H3/b17-13+. The van der Waals surface area contributed by atoms with Crippen molar-refractivity contribution in [1.82, 2.24) is 4.90 Å². The molecule has 1 aliphatic rings. The lowest BCUT2D eigenvalue weighted by molar-refractivity contribution is -0.148. The van der Waals surface area contributed by atoms with E-state index in [0.29, 0.717) is 13.1 Å². The average Bonchev–Trinajstić information content (AvgIpc) is 2.93. The van der Waals surface area contributed by atoms with Crippen LogP contribution in [0.1, 0.15) is 31.2 Å². The molecule has 0 N–H and O–H groups in total. The largest absolute Gasteiger partial charge is 0.451 e. The van der Waals surface area contributed by atoms with Crippen LogP contribution in [-0.2, 0) is 14.3 Å². The third-order valence-corrected chi connectivity index (χ3v) is 4.35. The van der Waals surface area contributed by atoms with Gasteiger partial charge in [0, 0.05) is 32.9 Å². The maximum Gasteiger partial charge on any atom is 0.349 e. The predicted octanol–water partition coefficient (Wildman–Crippen LogP) is 2.61. The van der Waals surface area contributed by atoms with Crippen LogP contribution in [0.3, 0.4) is 0 Å². The normalized spacial score (nSPS) is 15.0. The van der Waals surface area contributed by atoms with E-state index in [-0.39, 0.29) is 18.1 Å². The minimum atomic E-state index is -0.771. The lowest BCUT2D eigenvalue weighted by Gasteiger charge is -2.19. The maximum absolute atomic E-state index is 12.2. The molecule has 1 aromatic rings. The highest BCUT2D eigenvalue weighted by atomic mass is 16.5. The number of carbonyl (C=O) groups is 2. The fourth-order valence-corrected chi connectivity index (χ4v) is 2.79. The molecule has 0 spiro atoms. The van der Waals surface area contributed by atoms with Crippen molar-refractivity contribution in [1.29, 1.82) is 5.26 Å². The number of nitriles is 1. The third kappa shape index (κ3) is 5.62. The summed E-state index contributed by atoms with van der Waals surface area (Å²) in [5.41, 5.74) is 1.63. The number of ether oxygens (including phenoxy) is 1. The summed E-state index contributed by atoms with van der Waals surface area (Å²) < 4.78 is 5.06. The highest BCUT2D eigenvalue weighted by Crippen LogP contribution is 2.15. The Morgan fingerprint density at radius 2 is 1.77 bits per heavy atom. The number of carbonyl (C=O) groups excluding carboxylic acids is 2. The lowest BCUT2D eigenvalue weighted by atomic mass is 10.1. The van der Waals surface area contributed by atoms with Gasteiger partial charge in [-0.1, -0.05) is 25.0 Å². The smallest absolute Gasteiger partial charge is 0.349 e. The molecule has 0 aromatic heterocycles. The number of hydrogen-bond donors (Lipinski definition) is 0. The molecule has 6 heteroatoms. The molecule has 138 valence electrons. The minimum absolute atomic E-state index is 0.119. The molecular formula is C20H25N3O3. The Hall–Kier alpha value is -2.81. The van der Waals surface area contributed by atoms with Gasteiger partial charge in [-0.05, 0) is 36.6 Å². The van der Waals surface area contributed by atoms with Crippen LogP contribution in [-0.4, -0.2) is 50.6 Å². The SMILES string of the molecule is CN(C)c1ccc(/C=C(\C#N)C(=O)OCC(=O)N2CCCCCC2)cc1. The van der Waals surface area contributed by atoms with Crippen LogP contribution in [0.2, 0.25) is 0 Å². The highest BCUT2D eigenvalue weighted by molar-refractivity contribution is 5.98. The molecule has 6 nitrogen and oxygen atoms in total. The molecule has 0 atom stereocenters. The van der Waals surface area contributed by atoms with E-state index in [1.807, 2.05) is 49.3 Å². The van der Waals surface area contributed by atoms with Crippen molar-refractivity contribution in [2.24, 2.45) is 0 Å². The van der Waals surface area contributed by atoms with Gasteiger partial charge in [-0.15, -0.1) is 0 Å². The van der Waals surface area contributed by atoms with Crippen molar-refractivity contribution < 1.29 is 14.3 Å². The van der Waals surface area contributed by atoms with E-state index in [2.05, 4.69) is 0 Å². The fourth-order valence-electron chi connectivity index (χ4n) is 2.79. The zero-order valence-corrected chi connectivity index (χ0v) is 15.4. The van der Waals surface area contributed by atoms with Crippen LogP contribution in [0.5, 0.6) is 0 Å². The Morgan fingerprint density at radius 3 is 2.31 bits per heavy atom. The van der Waals surface area contributed by atoms with Crippen molar-refractivity contribution in [2.45, 2.75) is 25.7 Å². The molecule has 0 radical (unpaired) electrons. The number of amides is 1. The van der Waals surface area contributed by atoms with Gasteiger partial charge in [0.15, 0.2) is 6.61 Å². The van der Waals surface area contributed by atoms with E-state index in [4.69, 9.17) is 4.74 Å². The Balaban J connectivity index is 1.95. The summed E-state index contributed by atoms with van der Waals surface area (Å²) >= 11 is 0. The van der Waals surface area contributed by atoms with E-state index in [9.17, 15) is 14.9 Å². The second-order valence-electron chi connectivity index (χ2n) is 6.53. The molecule has 1 heterocycles. The van der Waals surface area contributed by atoms with E-state index in [0.717, 1.165) is 36.9 Å². The number of nitrogens with zero attached hydrogens (tertiary/aromatic N) is 3. The molecule has 0 saturated carbocycles.